The second kappa shape index (κ2) is 8.13. The van der Waals surface area contributed by atoms with E-state index in [-0.39, 0.29) is 18.1 Å². The summed E-state index contributed by atoms with van der Waals surface area (Å²) in [5.74, 6) is 0.280. The number of benzene rings is 1. The highest BCUT2D eigenvalue weighted by Crippen LogP contribution is 2.27. The number of hydrogen-bond donors (Lipinski definition) is 2. The summed E-state index contributed by atoms with van der Waals surface area (Å²) in [5.41, 5.74) is 0.246. The first-order valence-electron chi connectivity index (χ1n) is 7.96. The van der Waals surface area contributed by atoms with Gasteiger partial charge in [0.05, 0.1) is 12.2 Å². The largest absolute Gasteiger partial charge is 0.322 e. The number of halogens is 1. The molecular formula is C17H25FN2O. The van der Waals surface area contributed by atoms with Gasteiger partial charge in [0.1, 0.15) is 5.82 Å². The molecule has 2 N–H and O–H groups in total. The fraction of sp³-hybridized carbons (Fsp3) is 0.588. The van der Waals surface area contributed by atoms with Crippen LogP contribution in [0.15, 0.2) is 24.3 Å². The number of anilines is 1. The van der Waals surface area contributed by atoms with Crippen LogP contribution in [0.25, 0.3) is 0 Å². The van der Waals surface area contributed by atoms with Crippen LogP contribution in [0.5, 0.6) is 0 Å². The first-order chi connectivity index (χ1) is 10.2. The number of hydrogen-bond acceptors (Lipinski definition) is 2. The SMILES string of the molecule is CCCC1CCC(NCC(=O)Nc2ccccc2F)CC1. The predicted molar refractivity (Wildman–Crippen MR) is 83.7 cm³/mol. The zero-order valence-corrected chi connectivity index (χ0v) is 12.7. The minimum atomic E-state index is -0.397. The molecule has 0 unspecified atom stereocenters. The number of carbonyl (C=O) groups is 1. The third-order valence-corrected chi connectivity index (χ3v) is 4.24. The number of nitrogens with one attached hydrogen (secondary N) is 2. The van der Waals surface area contributed by atoms with E-state index in [4.69, 9.17) is 0 Å². The van der Waals surface area contributed by atoms with Crippen LogP contribution >= 0.6 is 0 Å². The van der Waals surface area contributed by atoms with Gasteiger partial charge in [-0.05, 0) is 43.7 Å². The first-order valence-corrected chi connectivity index (χ1v) is 7.96. The summed E-state index contributed by atoms with van der Waals surface area (Å²) < 4.78 is 13.4. The second-order valence-electron chi connectivity index (χ2n) is 5.92. The molecule has 1 saturated carbocycles. The van der Waals surface area contributed by atoms with Gasteiger partial charge in [-0.2, -0.15) is 0 Å². The van der Waals surface area contributed by atoms with Gasteiger partial charge in [0, 0.05) is 6.04 Å². The van der Waals surface area contributed by atoms with Crippen molar-refractivity contribution in [2.75, 3.05) is 11.9 Å². The van der Waals surface area contributed by atoms with Crippen molar-refractivity contribution in [3.8, 4) is 0 Å². The van der Waals surface area contributed by atoms with Crippen molar-refractivity contribution in [3.05, 3.63) is 30.1 Å². The Hall–Kier alpha value is -1.42. The molecule has 0 heterocycles. The first kappa shape index (κ1) is 16.0. The van der Waals surface area contributed by atoms with E-state index in [0.29, 0.717) is 6.04 Å². The summed E-state index contributed by atoms with van der Waals surface area (Å²) in [6.07, 6.45) is 7.35. The molecule has 0 bridgehead atoms. The van der Waals surface area contributed by atoms with Gasteiger partial charge < -0.3 is 10.6 Å². The summed E-state index contributed by atoms with van der Waals surface area (Å²) >= 11 is 0. The molecule has 0 atom stereocenters. The van der Waals surface area contributed by atoms with Crippen LogP contribution in [0, 0.1) is 11.7 Å². The highest BCUT2D eigenvalue weighted by molar-refractivity contribution is 5.92. The van der Waals surface area contributed by atoms with Gasteiger partial charge in [0.15, 0.2) is 0 Å². The van der Waals surface area contributed by atoms with E-state index in [1.54, 1.807) is 18.2 Å². The van der Waals surface area contributed by atoms with Gasteiger partial charge >= 0.3 is 0 Å². The Morgan fingerprint density at radius 2 is 1.95 bits per heavy atom. The topological polar surface area (TPSA) is 41.1 Å². The number of carbonyl (C=O) groups excluding carboxylic acids is 1. The van der Waals surface area contributed by atoms with Crippen LogP contribution in [0.3, 0.4) is 0 Å². The summed E-state index contributed by atoms with van der Waals surface area (Å²) in [6.45, 7) is 2.48. The van der Waals surface area contributed by atoms with Crippen LogP contribution in [0.4, 0.5) is 10.1 Å². The smallest absolute Gasteiger partial charge is 0.238 e. The monoisotopic (exact) mass is 292 g/mol. The number of amides is 1. The van der Waals surface area contributed by atoms with Crippen LogP contribution in [0.1, 0.15) is 45.4 Å². The Kier molecular flexibility index (Phi) is 6.18. The average Bonchev–Trinajstić information content (AvgIpc) is 2.49. The Bertz CT molecular complexity index is 456. The third kappa shape index (κ3) is 5.12. The highest BCUT2D eigenvalue weighted by atomic mass is 19.1. The van der Waals surface area contributed by atoms with Crippen molar-refractivity contribution >= 4 is 11.6 Å². The maximum Gasteiger partial charge on any atom is 0.238 e. The van der Waals surface area contributed by atoms with Crippen molar-refractivity contribution in [1.82, 2.24) is 5.32 Å². The zero-order chi connectivity index (χ0) is 15.1. The van der Waals surface area contributed by atoms with Crippen molar-refractivity contribution < 1.29 is 9.18 Å². The Balaban J connectivity index is 1.69. The van der Waals surface area contributed by atoms with Crippen molar-refractivity contribution in [2.45, 2.75) is 51.5 Å². The normalized spacial score (nSPS) is 22.0. The molecule has 4 heteroatoms. The lowest BCUT2D eigenvalue weighted by atomic mass is 9.83. The third-order valence-electron chi connectivity index (χ3n) is 4.24. The van der Waals surface area contributed by atoms with E-state index in [9.17, 15) is 9.18 Å². The van der Waals surface area contributed by atoms with Crippen LogP contribution < -0.4 is 10.6 Å². The molecular weight excluding hydrogens is 267 g/mol. The van der Waals surface area contributed by atoms with E-state index >= 15 is 0 Å². The molecule has 3 nitrogen and oxygen atoms in total. The Labute approximate surface area is 126 Å². The number of rotatable bonds is 6. The van der Waals surface area contributed by atoms with E-state index in [0.717, 1.165) is 18.8 Å². The van der Waals surface area contributed by atoms with Crippen LogP contribution in [0.2, 0.25) is 0 Å². The lowest BCUT2D eigenvalue weighted by Crippen LogP contribution is -2.38. The molecule has 2 rings (SSSR count). The van der Waals surface area contributed by atoms with Crippen LogP contribution in [-0.4, -0.2) is 18.5 Å². The van der Waals surface area contributed by atoms with Gasteiger partial charge in [-0.1, -0.05) is 31.9 Å². The van der Waals surface area contributed by atoms with E-state index in [1.807, 2.05) is 0 Å². The minimum absolute atomic E-state index is 0.184. The quantitative estimate of drug-likeness (QED) is 0.839. The Morgan fingerprint density at radius 1 is 1.24 bits per heavy atom. The molecule has 1 aliphatic rings. The minimum Gasteiger partial charge on any atom is -0.322 e. The summed E-state index contributed by atoms with van der Waals surface area (Å²) in [5, 5.41) is 5.89. The molecule has 21 heavy (non-hydrogen) atoms. The van der Waals surface area contributed by atoms with Crippen molar-refractivity contribution in [3.63, 3.8) is 0 Å². The molecule has 0 saturated heterocycles. The Morgan fingerprint density at radius 3 is 2.62 bits per heavy atom. The zero-order valence-electron chi connectivity index (χ0n) is 12.7. The van der Waals surface area contributed by atoms with E-state index in [1.165, 1.54) is 31.7 Å². The van der Waals surface area contributed by atoms with Crippen molar-refractivity contribution in [1.29, 1.82) is 0 Å². The standard InChI is InChI=1S/C17H25FN2O/c1-2-5-13-8-10-14(11-9-13)19-12-17(21)20-16-7-4-3-6-15(16)18/h3-4,6-7,13-14,19H,2,5,8-12H2,1H3,(H,20,21). The molecule has 0 spiro atoms. The van der Waals surface area contributed by atoms with Crippen molar-refractivity contribution in [2.24, 2.45) is 5.92 Å². The van der Waals surface area contributed by atoms with Gasteiger partial charge in [-0.3, -0.25) is 4.79 Å². The van der Waals surface area contributed by atoms with Gasteiger partial charge in [-0.25, -0.2) is 4.39 Å². The van der Waals surface area contributed by atoms with Gasteiger partial charge in [0.2, 0.25) is 5.91 Å². The van der Waals surface area contributed by atoms with Crippen LogP contribution in [-0.2, 0) is 4.79 Å². The fourth-order valence-corrected chi connectivity index (χ4v) is 3.06. The maximum atomic E-state index is 13.4. The molecule has 1 fully saturated rings. The predicted octanol–water partition coefficient (Wildman–Crippen LogP) is 3.71. The molecule has 1 aromatic rings. The van der Waals surface area contributed by atoms with Gasteiger partial charge in [-0.15, -0.1) is 0 Å². The molecule has 0 aliphatic heterocycles. The molecule has 1 aliphatic carbocycles. The molecule has 116 valence electrons. The summed E-state index contributed by atoms with van der Waals surface area (Å²) in [6, 6.07) is 6.66. The summed E-state index contributed by atoms with van der Waals surface area (Å²) in [7, 11) is 0. The molecule has 0 radical (unpaired) electrons. The fourth-order valence-electron chi connectivity index (χ4n) is 3.06. The van der Waals surface area contributed by atoms with E-state index < -0.39 is 5.82 Å². The lowest BCUT2D eigenvalue weighted by molar-refractivity contribution is -0.115. The number of para-hydroxylation sites is 1. The highest BCUT2D eigenvalue weighted by Gasteiger charge is 2.20. The summed E-state index contributed by atoms with van der Waals surface area (Å²) in [4.78, 5) is 11.8. The second-order valence-corrected chi connectivity index (χ2v) is 5.92. The molecule has 1 amide bonds. The van der Waals surface area contributed by atoms with E-state index in [2.05, 4.69) is 17.6 Å². The maximum absolute atomic E-state index is 13.4. The molecule has 1 aromatic carbocycles. The average molecular weight is 292 g/mol. The molecule has 0 aromatic heterocycles. The lowest BCUT2D eigenvalue weighted by Gasteiger charge is -2.28. The van der Waals surface area contributed by atoms with Gasteiger partial charge in [0.25, 0.3) is 0 Å².